The second kappa shape index (κ2) is 6.92. The summed E-state index contributed by atoms with van der Waals surface area (Å²) < 4.78 is 15.3. The fourth-order valence-electron chi connectivity index (χ4n) is 2.16. The molecule has 0 unspecified atom stereocenters. The first kappa shape index (κ1) is 17.8. The molecule has 0 saturated carbocycles. The lowest BCUT2D eigenvalue weighted by Gasteiger charge is -2.09. The molecule has 0 fully saturated rings. The van der Waals surface area contributed by atoms with Crippen LogP contribution in [0, 0.1) is 0 Å². The van der Waals surface area contributed by atoms with E-state index in [9.17, 15) is 24.7 Å². The summed E-state index contributed by atoms with van der Waals surface area (Å²) in [5.74, 6) is -2.02. The van der Waals surface area contributed by atoms with Crippen molar-refractivity contribution in [1.82, 2.24) is 0 Å². The number of phosphoric acid groups is 1. The van der Waals surface area contributed by atoms with Crippen molar-refractivity contribution >= 4 is 13.6 Å². The summed E-state index contributed by atoms with van der Waals surface area (Å²) >= 11 is 0. The van der Waals surface area contributed by atoms with Crippen LogP contribution < -0.4 is 4.52 Å². The monoisotopic (exact) mass is 354 g/mol. The average molecular weight is 354 g/mol. The van der Waals surface area contributed by atoms with Crippen LogP contribution >= 0.6 is 7.82 Å². The first-order valence-corrected chi connectivity index (χ1v) is 8.31. The molecule has 0 aromatic heterocycles. The third kappa shape index (κ3) is 4.73. The van der Waals surface area contributed by atoms with E-state index in [-0.39, 0.29) is 29.9 Å². The average Bonchev–Trinajstić information content (AvgIpc) is 2.42. The zero-order chi connectivity index (χ0) is 17.9. The van der Waals surface area contributed by atoms with Gasteiger partial charge in [-0.15, -0.1) is 0 Å². The van der Waals surface area contributed by atoms with E-state index in [2.05, 4.69) is 4.52 Å². The SMILES string of the molecule is O=C(CCc1cccc(OP(=O)(O)O)c1)c1c(O)cc(O)cc1O. The van der Waals surface area contributed by atoms with Crippen LogP contribution in [0.2, 0.25) is 0 Å². The van der Waals surface area contributed by atoms with E-state index in [1.807, 2.05) is 0 Å². The number of hydrogen-bond acceptors (Lipinski definition) is 6. The minimum Gasteiger partial charge on any atom is -0.508 e. The van der Waals surface area contributed by atoms with Gasteiger partial charge in [0.2, 0.25) is 0 Å². The number of carbonyl (C=O) groups is 1. The Morgan fingerprint density at radius 2 is 1.67 bits per heavy atom. The molecule has 0 saturated heterocycles. The van der Waals surface area contributed by atoms with Crippen LogP contribution in [-0.4, -0.2) is 30.9 Å². The Labute approximate surface area is 136 Å². The van der Waals surface area contributed by atoms with E-state index in [1.54, 1.807) is 6.07 Å². The van der Waals surface area contributed by atoms with E-state index in [1.165, 1.54) is 18.2 Å². The molecule has 0 amide bonds. The summed E-state index contributed by atoms with van der Waals surface area (Å²) in [6.07, 6.45) is 0.113. The van der Waals surface area contributed by atoms with Gasteiger partial charge in [0.05, 0.1) is 0 Å². The molecule has 2 aromatic rings. The van der Waals surface area contributed by atoms with Crippen LogP contribution in [0.15, 0.2) is 36.4 Å². The zero-order valence-electron chi connectivity index (χ0n) is 12.3. The minimum atomic E-state index is -4.67. The molecule has 0 bridgehead atoms. The number of Topliss-reactive ketones (excluding diaryl/α,β-unsaturated/α-hetero) is 1. The van der Waals surface area contributed by atoms with Gasteiger partial charge >= 0.3 is 7.82 Å². The van der Waals surface area contributed by atoms with Gasteiger partial charge in [-0.25, -0.2) is 4.57 Å². The maximum atomic E-state index is 12.1. The normalized spacial score (nSPS) is 11.2. The summed E-state index contributed by atoms with van der Waals surface area (Å²) in [4.78, 5) is 29.7. The van der Waals surface area contributed by atoms with E-state index in [0.29, 0.717) is 5.56 Å². The van der Waals surface area contributed by atoms with Crippen molar-refractivity contribution in [3.8, 4) is 23.0 Å². The molecule has 9 heteroatoms. The van der Waals surface area contributed by atoms with Gasteiger partial charge < -0.3 is 19.8 Å². The van der Waals surface area contributed by atoms with E-state index in [4.69, 9.17) is 9.79 Å². The maximum absolute atomic E-state index is 12.1. The van der Waals surface area contributed by atoms with E-state index < -0.39 is 25.1 Å². The van der Waals surface area contributed by atoms with Crippen molar-refractivity contribution < 1.29 is 39.0 Å². The van der Waals surface area contributed by atoms with Crippen LogP contribution in [0.1, 0.15) is 22.3 Å². The lowest BCUT2D eigenvalue weighted by Crippen LogP contribution is -2.02. The Morgan fingerprint density at radius 3 is 2.25 bits per heavy atom. The molecule has 0 aliphatic heterocycles. The summed E-state index contributed by atoms with van der Waals surface area (Å²) in [5, 5.41) is 28.6. The second-order valence-electron chi connectivity index (χ2n) is 5.01. The number of aryl methyl sites for hydroxylation is 1. The molecule has 0 heterocycles. The van der Waals surface area contributed by atoms with Crippen LogP contribution in [0.5, 0.6) is 23.0 Å². The molecule has 0 atom stereocenters. The molecule has 2 aromatic carbocycles. The summed E-state index contributed by atoms with van der Waals surface area (Å²) in [7, 11) is -4.67. The highest BCUT2D eigenvalue weighted by molar-refractivity contribution is 7.46. The van der Waals surface area contributed by atoms with Crippen molar-refractivity contribution in [2.24, 2.45) is 0 Å². The van der Waals surface area contributed by atoms with Crippen molar-refractivity contribution in [3.63, 3.8) is 0 Å². The molecule has 5 N–H and O–H groups in total. The first-order chi connectivity index (χ1) is 11.2. The summed E-state index contributed by atoms with van der Waals surface area (Å²) in [5.41, 5.74) is 0.280. The van der Waals surface area contributed by atoms with Crippen LogP contribution in [-0.2, 0) is 11.0 Å². The molecule has 0 radical (unpaired) electrons. The van der Waals surface area contributed by atoms with Gasteiger partial charge in [0, 0.05) is 18.6 Å². The molecule has 8 nitrogen and oxygen atoms in total. The molecule has 0 aliphatic rings. The third-order valence-electron chi connectivity index (χ3n) is 3.12. The number of phosphoric ester groups is 1. The fourth-order valence-corrected chi connectivity index (χ4v) is 2.55. The third-order valence-corrected chi connectivity index (χ3v) is 3.57. The quantitative estimate of drug-likeness (QED) is 0.392. The Hall–Kier alpha value is -2.54. The largest absolute Gasteiger partial charge is 0.524 e. The van der Waals surface area contributed by atoms with Gasteiger partial charge in [-0.3, -0.25) is 14.6 Å². The van der Waals surface area contributed by atoms with Crippen molar-refractivity contribution in [3.05, 3.63) is 47.5 Å². The van der Waals surface area contributed by atoms with E-state index in [0.717, 1.165) is 12.1 Å². The Morgan fingerprint density at radius 1 is 1.04 bits per heavy atom. The number of ketones is 1. The van der Waals surface area contributed by atoms with Gasteiger partial charge in [-0.2, -0.15) is 0 Å². The van der Waals surface area contributed by atoms with Gasteiger partial charge in [0.1, 0.15) is 28.6 Å². The highest BCUT2D eigenvalue weighted by Crippen LogP contribution is 2.38. The van der Waals surface area contributed by atoms with Crippen LogP contribution in [0.4, 0.5) is 0 Å². The molecule has 0 aliphatic carbocycles. The summed E-state index contributed by atoms with van der Waals surface area (Å²) in [6.45, 7) is 0. The predicted molar refractivity (Wildman–Crippen MR) is 83.2 cm³/mol. The molecule has 128 valence electrons. The van der Waals surface area contributed by atoms with Crippen LogP contribution in [0.3, 0.4) is 0 Å². The minimum absolute atomic E-state index is 0.0383. The number of rotatable bonds is 6. The Bertz CT molecular complexity index is 788. The fraction of sp³-hybridized carbons (Fsp3) is 0.133. The molecule has 0 spiro atoms. The standard InChI is InChI=1S/C15H15O8P/c16-10-7-13(18)15(14(19)8-10)12(17)5-4-9-2-1-3-11(6-9)23-24(20,21)22/h1-3,6-8,16,18-19H,4-5H2,(H2,20,21,22). The molecular formula is C15H15O8P. The maximum Gasteiger partial charge on any atom is 0.524 e. The zero-order valence-corrected chi connectivity index (χ0v) is 13.2. The van der Waals surface area contributed by atoms with Gasteiger partial charge in [0.25, 0.3) is 0 Å². The van der Waals surface area contributed by atoms with Crippen molar-refractivity contribution in [1.29, 1.82) is 0 Å². The molecule has 24 heavy (non-hydrogen) atoms. The first-order valence-electron chi connectivity index (χ1n) is 6.78. The number of phenolic OH excluding ortho intramolecular Hbond substituents is 3. The topological polar surface area (TPSA) is 145 Å². The lowest BCUT2D eigenvalue weighted by atomic mass is 10.0. The predicted octanol–water partition coefficient (Wildman–Crippen LogP) is 2.09. The van der Waals surface area contributed by atoms with Crippen LogP contribution in [0.25, 0.3) is 0 Å². The number of hydrogen-bond donors (Lipinski definition) is 5. The smallest absolute Gasteiger partial charge is 0.508 e. The lowest BCUT2D eigenvalue weighted by molar-refractivity contribution is 0.0977. The van der Waals surface area contributed by atoms with Crippen molar-refractivity contribution in [2.75, 3.05) is 0 Å². The second-order valence-corrected chi connectivity index (χ2v) is 6.18. The summed E-state index contributed by atoms with van der Waals surface area (Å²) in [6, 6.07) is 7.78. The number of carbonyl (C=O) groups excluding carboxylic acids is 1. The van der Waals surface area contributed by atoms with Gasteiger partial charge in [0.15, 0.2) is 5.78 Å². The highest BCUT2D eigenvalue weighted by atomic mass is 31.2. The van der Waals surface area contributed by atoms with Crippen molar-refractivity contribution in [2.45, 2.75) is 12.8 Å². The Balaban J connectivity index is 2.10. The van der Waals surface area contributed by atoms with Gasteiger partial charge in [-0.05, 0) is 24.1 Å². The number of phenols is 3. The highest BCUT2D eigenvalue weighted by Gasteiger charge is 2.18. The molecule has 2 rings (SSSR count). The number of aromatic hydroxyl groups is 3. The Kier molecular flexibility index (Phi) is 5.14. The van der Waals surface area contributed by atoms with E-state index >= 15 is 0 Å². The van der Waals surface area contributed by atoms with Gasteiger partial charge in [-0.1, -0.05) is 12.1 Å². The molecular weight excluding hydrogens is 339 g/mol. The number of benzene rings is 2.